The van der Waals surface area contributed by atoms with Crippen molar-refractivity contribution in [2.24, 2.45) is 5.10 Å². The molecule has 0 aliphatic heterocycles. The summed E-state index contributed by atoms with van der Waals surface area (Å²) in [7, 11) is -3.37. The van der Waals surface area contributed by atoms with Crippen molar-refractivity contribution >= 4 is 32.2 Å². The third kappa shape index (κ3) is 7.79. The van der Waals surface area contributed by atoms with E-state index in [0.717, 1.165) is 19.3 Å². The first-order valence-corrected chi connectivity index (χ1v) is 9.90. The van der Waals surface area contributed by atoms with E-state index in [1.54, 1.807) is 12.1 Å². The number of unbranched alkanes of at least 4 members (excludes halogenated alkanes) is 5. The van der Waals surface area contributed by atoms with Crippen molar-refractivity contribution in [2.45, 2.75) is 45.4 Å². The standard InChI is InChI=1S/C15H23BrN2O3S/c1-2-3-4-5-6-7-10-22(20,21)18-17-12-13-8-9-15(19)14(16)11-13/h8-9,11-12,18-19H,2-7,10H2,1H3/b17-12-. The van der Waals surface area contributed by atoms with Crippen molar-refractivity contribution in [3.05, 3.63) is 28.2 Å². The van der Waals surface area contributed by atoms with Gasteiger partial charge in [-0.2, -0.15) is 5.10 Å². The molecular formula is C15H23BrN2O3S. The molecule has 1 aromatic carbocycles. The van der Waals surface area contributed by atoms with Gasteiger partial charge in [-0.3, -0.25) is 0 Å². The molecule has 0 radical (unpaired) electrons. The highest BCUT2D eigenvalue weighted by atomic mass is 79.9. The summed E-state index contributed by atoms with van der Waals surface area (Å²) in [6.45, 7) is 2.15. The summed E-state index contributed by atoms with van der Waals surface area (Å²) in [5.74, 6) is 0.219. The average Bonchev–Trinajstić information content (AvgIpc) is 2.46. The number of hydrazone groups is 1. The minimum Gasteiger partial charge on any atom is -0.507 e. The van der Waals surface area contributed by atoms with Gasteiger partial charge in [0.05, 0.1) is 16.4 Å². The second-order valence-electron chi connectivity index (χ2n) is 5.15. The van der Waals surface area contributed by atoms with Crippen molar-refractivity contribution in [2.75, 3.05) is 5.75 Å². The topological polar surface area (TPSA) is 78.8 Å². The van der Waals surface area contributed by atoms with Gasteiger partial charge in [0.1, 0.15) is 5.75 Å². The molecule has 0 spiro atoms. The van der Waals surface area contributed by atoms with E-state index >= 15 is 0 Å². The lowest BCUT2D eigenvalue weighted by Gasteiger charge is -2.03. The number of phenols is 1. The summed E-state index contributed by atoms with van der Waals surface area (Å²) in [6, 6.07) is 4.81. The van der Waals surface area contributed by atoms with Crippen LogP contribution in [0.15, 0.2) is 27.8 Å². The van der Waals surface area contributed by atoms with Crippen LogP contribution < -0.4 is 4.83 Å². The van der Waals surface area contributed by atoms with Crippen molar-refractivity contribution in [1.29, 1.82) is 0 Å². The highest BCUT2D eigenvalue weighted by Gasteiger charge is 2.07. The zero-order valence-electron chi connectivity index (χ0n) is 12.8. The van der Waals surface area contributed by atoms with E-state index in [0.29, 0.717) is 16.5 Å². The van der Waals surface area contributed by atoms with Gasteiger partial charge in [-0.25, -0.2) is 13.2 Å². The van der Waals surface area contributed by atoms with Crippen LogP contribution >= 0.6 is 15.9 Å². The highest BCUT2D eigenvalue weighted by Crippen LogP contribution is 2.23. The Labute approximate surface area is 141 Å². The second-order valence-corrected chi connectivity index (χ2v) is 7.82. The lowest BCUT2D eigenvalue weighted by Crippen LogP contribution is -2.21. The number of aromatic hydroxyl groups is 1. The Balaban J connectivity index is 2.35. The Morgan fingerprint density at radius 3 is 2.59 bits per heavy atom. The first-order chi connectivity index (χ1) is 10.4. The molecule has 22 heavy (non-hydrogen) atoms. The predicted octanol–water partition coefficient (Wildman–Crippen LogP) is 3.77. The third-order valence-corrected chi connectivity index (χ3v) is 4.99. The van der Waals surface area contributed by atoms with Gasteiger partial charge in [-0.1, -0.05) is 39.0 Å². The van der Waals surface area contributed by atoms with E-state index in [1.807, 2.05) is 0 Å². The van der Waals surface area contributed by atoms with Crippen LogP contribution in [0.3, 0.4) is 0 Å². The van der Waals surface area contributed by atoms with Gasteiger partial charge in [0.15, 0.2) is 0 Å². The van der Waals surface area contributed by atoms with E-state index in [1.165, 1.54) is 25.1 Å². The Hall–Kier alpha value is -1.08. The fourth-order valence-corrected chi connectivity index (χ4v) is 3.19. The minimum absolute atomic E-state index is 0.0930. The molecule has 0 fully saturated rings. The van der Waals surface area contributed by atoms with Crippen molar-refractivity contribution in [1.82, 2.24) is 4.83 Å². The molecule has 0 atom stereocenters. The largest absolute Gasteiger partial charge is 0.507 e. The van der Waals surface area contributed by atoms with Crippen LogP contribution in [0.4, 0.5) is 0 Å². The summed E-state index contributed by atoms with van der Waals surface area (Å²) in [5, 5.41) is 13.1. The molecule has 0 saturated heterocycles. The lowest BCUT2D eigenvalue weighted by atomic mass is 10.1. The van der Waals surface area contributed by atoms with E-state index in [4.69, 9.17) is 0 Å². The molecule has 0 aliphatic rings. The molecule has 124 valence electrons. The molecule has 2 N–H and O–H groups in total. The van der Waals surface area contributed by atoms with Gasteiger partial charge in [-0.05, 0) is 46.1 Å². The van der Waals surface area contributed by atoms with Crippen LogP contribution in [0, 0.1) is 0 Å². The fourth-order valence-electron chi connectivity index (χ4n) is 1.90. The normalized spacial score (nSPS) is 11.9. The molecule has 7 heteroatoms. The quantitative estimate of drug-likeness (QED) is 0.362. The molecule has 1 rings (SSSR count). The fraction of sp³-hybridized carbons (Fsp3) is 0.533. The van der Waals surface area contributed by atoms with Gasteiger partial charge in [-0.15, -0.1) is 0 Å². The summed E-state index contributed by atoms with van der Waals surface area (Å²) in [6.07, 6.45) is 7.61. The molecule has 0 heterocycles. The highest BCUT2D eigenvalue weighted by molar-refractivity contribution is 9.10. The van der Waals surface area contributed by atoms with Crippen molar-refractivity contribution in [3.8, 4) is 5.75 Å². The summed E-state index contributed by atoms with van der Waals surface area (Å²) < 4.78 is 24.0. The number of nitrogens with one attached hydrogen (secondary N) is 1. The van der Waals surface area contributed by atoms with Gasteiger partial charge in [0.2, 0.25) is 10.0 Å². The number of halogens is 1. The Kier molecular flexibility index (Phi) is 8.48. The van der Waals surface area contributed by atoms with Gasteiger partial charge >= 0.3 is 0 Å². The SMILES string of the molecule is CCCCCCCCS(=O)(=O)N/N=C\c1ccc(O)c(Br)c1. The van der Waals surface area contributed by atoms with Crippen LogP contribution in [0.2, 0.25) is 0 Å². The van der Waals surface area contributed by atoms with Crippen LogP contribution in [0.5, 0.6) is 5.75 Å². The summed E-state index contributed by atoms with van der Waals surface area (Å²) in [5.41, 5.74) is 0.687. The third-order valence-electron chi connectivity index (χ3n) is 3.14. The van der Waals surface area contributed by atoms with Crippen molar-refractivity contribution < 1.29 is 13.5 Å². The maximum absolute atomic E-state index is 11.8. The molecule has 1 aromatic rings. The number of hydrogen-bond donors (Lipinski definition) is 2. The zero-order chi connectivity index (χ0) is 16.4. The minimum atomic E-state index is -3.37. The maximum atomic E-state index is 11.8. The van der Waals surface area contributed by atoms with E-state index in [9.17, 15) is 13.5 Å². The Morgan fingerprint density at radius 1 is 1.23 bits per heavy atom. The molecule has 5 nitrogen and oxygen atoms in total. The van der Waals surface area contributed by atoms with Crippen LogP contribution in [-0.4, -0.2) is 25.5 Å². The average molecular weight is 391 g/mol. The molecule has 0 bridgehead atoms. The number of phenolic OH excluding ortho intramolecular Hbond substituents is 1. The smallest absolute Gasteiger partial charge is 0.247 e. The molecule has 0 amide bonds. The monoisotopic (exact) mass is 390 g/mol. The Morgan fingerprint density at radius 2 is 1.91 bits per heavy atom. The van der Waals surface area contributed by atoms with Crippen LogP contribution in [0.1, 0.15) is 51.0 Å². The predicted molar refractivity (Wildman–Crippen MR) is 93.7 cm³/mol. The molecule has 0 aromatic heterocycles. The van der Waals surface area contributed by atoms with Gasteiger partial charge < -0.3 is 5.11 Å². The zero-order valence-corrected chi connectivity index (χ0v) is 15.2. The van der Waals surface area contributed by atoms with E-state index in [2.05, 4.69) is 32.8 Å². The Bertz CT molecular complexity index is 588. The summed E-state index contributed by atoms with van der Waals surface area (Å²) >= 11 is 3.19. The first kappa shape index (κ1) is 19.0. The van der Waals surface area contributed by atoms with Crippen molar-refractivity contribution in [3.63, 3.8) is 0 Å². The van der Waals surface area contributed by atoms with Crippen LogP contribution in [0.25, 0.3) is 0 Å². The van der Waals surface area contributed by atoms with Crippen LogP contribution in [-0.2, 0) is 10.0 Å². The van der Waals surface area contributed by atoms with E-state index < -0.39 is 10.0 Å². The second kappa shape index (κ2) is 9.84. The number of benzene rings is 1. The first-order valence-electron chi connectivity index (χ1n) is 7.45. The van der Waals surface area contributed by atoms with Gasteiger partial charge in [0, 0.05) is 0 Å². The molecule has 0 unspecified atom stereocenters. The molecule has 0 aliphatic carbocycles. The number of hydrogen-bond acceptors (Lipinski definition) is 4. The molecule has 0 saturated carbocycles. The number of nitrogens with zero attached hydrogens (tertiary/aromatic N) is 1. The number of rotatable bonds is 10. The maximum Gasteiger partial charge on any atom is 0.247 e. The van der Waals surface area contributed by atoms with Gasteiger partial charge in [0.25, 0.3) is 0 Å². The summed E-state index contributed by atoms with van der Waals surface area (Å²) in [4.78, 5) is 2.21. The van der Waals surface area contributed by atoms with E-state index in [-0.39, 0.29) is 11.5 Å². The molecular weight excluding hydrogens is 368 g/mol. The number of sulfonamides is 1. The lowest BCUT2D eigenvalue weighted by molar-refractivity contribution is 0.472.